The lowest BCUT2D eigenvalue weighted by Gasteiger charge is -2.25. The van der Waals surface area contributed by atoms with Crippen molar-refractivity contribution in [2.24, 2.45) is 12.8 Å². The summed E-state index contributed by atoms with van der Waals surface area (Å²) in [6.07, 6.45) is 1.22. The molecule has 9 heteroatoms. The maximum Gasteiger partial charge on any atom is 0.265 e. The fraction of sp³-hybridized carbons (Fsp3) is 0.500. The first-order chi connectivity index (χ1) is 8.65. The van der Waals surface area contributed by atoms with Crippen LogP contribution in [0.3, 0.4) is 0 Å². The normalized spacial score (nSPS) is 12.6. The number of hydrogen-bond acceptors (Lipinski definition) is 5. The summed E-state index contributed by atoms with van der Waals surface area (Å²) in [5, 5.41) is 18.2. The summed E-state index contributed by atoms with van der Waals surface area (Å²) in [5.41, 5.74) is 3.75. The van der Waals surface area contributed by atoms with Crippen molar-refractivity contribution in [2.75, 3.05) is 13.2 Å². The van der Waals surface area contributed by atoms with E-state index in [0.717, 1.165) is 6.07 Å². The summed E-state index contributed by atoms with van der Waals surface area (Å²) in [5.74, 6) is -0.754. The lowest BCUT2D eigenvalue weighted by molar-refractivity contribution is 0.0992. The molecule has 1 aromatic rings. The first-order valence-corrected chi connectivity index (χ1v) is 6.85. The van der Waals surface area contributed by atoms with Gasteiger partial charge in [0.2, 0.25) is 10.0 Å². The van der Waals surface area contributed by atoms with Crippen LogP contribution in [0, 0.1) is 0 Å². The third-order valence-electron chi connectivity index (χ3n) is 2.62. The molecular weight excluding hydrogens is 274 g/mol. The Morgan fingerprint density at radius 2 is 2.00 bits per heavy atom. The largest absolute Gasteiger partial charge is 0.394 e. The van der Waals surface area contributed by atoms with Crippen LogP contribution in [-0.4, -0.2) is 47.9 Å². The van der Waals surface area contributed by atoms with Gasteiger partial charge in [0, 0.05) is 13.2 Å². The Kier molecular flexibility index (Phi) is 4.35. The molecule has 0 bridgehead atoms. The zero-order valence-corrected chi connectivity index (χ0v) is 11.4. The van der Waals surface area contributed by atoms with E-state index in [1.807, 2.05) is 0 Å². The Hall–Kier alpha value is -1.42. The van der Waals surface area contributed by atoms with Crippen LogP contribution in [-0.2, 0) is 17.1 Å². The van der Waals surface area contributed by atoms with Gasteiger partial charge in [-0.25, -0.2) is 13.1 Å². The molecule has 8 nitrogen and oxygen atoms in total. The summed E-state index contributed by atoms with van der Waals surface area (Å²) in [4.78, 5) is 10.9. The van der Waals surface area contributed by atoms with Crippen molar-refractivity contribution in [2.45, 2.75) is 17.4 Å². The number of aromatic nitrogens is 1. The summed E-state index contributed by atoms with van der Waals surface area (Å²) in [7, 11) is -2.49. The number of aryl methyl sites for hydroxylation is 1. The first-order valence-electron chi connectivity index (χ1n) is 5.37. The third-order valence-corrected chi connectivity index (χ3v) is 4.23. The molecule has 0 atom stereocenters. The molecule has 1 aromatic heterocycles. The van der Waals surface area contributed by atoms with Crippen LogP contribution in [0.5, 0.6) is 0 Å². The number of sulfonamides is 1. The Morgan fingerprint density at radius 3 is 2.37 bits per heavy atom. The Bertz CT molecular complexity index is 574. The van der Waals surface area contributed by atoms with Gasteiger partial charge in [0.05, 0.1) is 18.8 Å². The van der Waals surface area contributed by atoms with E-state index in [4.69, 9.17) is 15.9 Å². The standard InChI is InChI=1S/C10H17N3O5S/c1-10(5-14,6-15)12-19(17,18)7-3-8(9(11)16)13(2)4-7/h3-4,12,14-15H,5-6H2,1-2H3,(H2,11,16). The molecule has 0 saturated heterocycles. The van der Waals surface area contributed by atoms with Crippen LogP contribution in [0.4, 0.5) is 0 Å². The smallest absolute Gasteiger partial charge is 0.265 e. The van der Waals surface area contributed by atoms with E-state index in [-0.39, 0.29) is 10.6 Å². The zero-order chi connectivity index (χ0) is 14.8. The number of amides is 1. The highest BCUT2D eigenvalue weighted by Crippen LogP contribution is 2.16. The monoisotopic (exact) mass is 291 g/mol. The van der Waals surface area contributed by atoms with Crippen molar-refractivity contribution < 1.29 is 23.4 Å². The molecule has 0 unspecified atom stereocenters. The van der Waals surface area contributed by atoms with E-state index in [1.54, 1.807) is 0 Å². The van der Waals surface area contributed by atoms with Crippen LogP contribution >= 0.6 is 0 Å². The quantitative estimate of drug-likeness (QED) is 0.488. The SMILES string of the molecule is Cn1cc(S(=O)(=O)NC(C)(CO)CO)cc1C(N)=O. The van der Waals surface area contributed by atoms with Crippen molar-refractivity contribution in [3.05, 3.63) is 18.0 Å². The first kappa shape index (κ1) is 15.6. The molecule has 0 aromatic carbocycles. The summed E-state index contributed by atoms with van der Waals surface area (Å²) < 4.78 is 27.6. The van der Waals surface area contributed by atoms with Crippen molar-refractivity contribution in [3.63, 3.8) is 0 Å². The number of rotatable bonds is 6. The Balaban J connectivity index is 3.15. The molecule has 1 rings (SSSR count). The lowest BCUT2D eigenvalue weighted by Crippen LogP contribution is -2.51. The summed E-state index contributed by atoms with van der Waals surface area (Å²) >= 11 is 0. The minimum atomic E-state index is -3.98. The van der Waals surface area contributed by atoms with Gasteiger partial charge >= 0.3 is 0 Å². The number of carbonyl (C=O) groups excluding carboxylic acids is 1. The number of carbonyl (C=O) groups is 1. The van der Waals surface area contributed by atoms with E-state index in [1.165, 1.54) is 24.7 Å². The van der Waals surface area contributed by atoms with Gasteiger partial charge in [-0.15, -0.1) is 0 Å². The fourth-order valence-electron chi connectivity index (χ4n) is 1.42. The second-order valence-electron chi connectivity index (χ2n) is 4.52. The number of nitrogens with zero attached hydrogens (tertiary/aromatic N) is 1. The minimum Gasteiger partial charge on any atom is -0.394 e. The van der Waals surface area contributed by atoms with Crippen molar-refractivity contribution in [1.82, 2.24) is 9.29 Å². The van der Waals surface area contributed by atoms with Crippen LogP contribution in [0.15, 0.2) is 17.2 Å². The molecular formula is C10H17N3O5S. The van der Waals surface area contributed by atoms with Crippen molar-refractivity contribution in [3.8, 4) is 0 Å². The Morgan fingerprint density at radius 1 is 1.47 bits per heavy atom. The predicted molar refractivity (Wildman–Crippen MR) is 66.8 cm³/mol. The van der Waals surface area contributed by atoms with Gasteiger partial charge in [-0.1, -0.05) is 0 Å². The lowest BCUT2D eigenvalue weighted by atomic mass is 10.1. The van der Waals surface area contributed by atoms with Crippen molar-refractivity contribution in [1.29, 1.82) is 0 Å². The van der Waals surface area contributed by atoms with E-state index in [9.17, 15) is 13.2 Å². The molecule has 108 valence electrons. The van der Waals surface area contributed by atoms with Crippen LogP contribution in [0.25, 0.3) is 0 Å². The van der Waals surface area contributed by atoms with Gasteiger partial charge in [-0.3, -0.25) is 4.79 Å². The maximum absolute atomic E-state index is 12.1. The fourth-order valence-corrected chi connectivity index (χ4v) is 2.88. The Labute approximate surface area is 110 Å². The molecule has 0 aliphatic rings. The van der Waals surface area contributed by atoms with E-state index in [0.29, 0.717) is 0 Å². The van der Waals surface area contributed by atoms with E-state index >= 15 is 0 Å². The molecule has 0 saturated carbocycles. The molecule has 19 heavy (non-hydrogen) atoms. The summed E-state index contributed by atoms with van der Waals surface area (Å²) in [6, 6.07) is 1.12. The van der Waals surface area contributed by atoms with Gasteiger partial charge in [0.15, 0.2) is 0 Å². The summed E-state index contributed by atoms with van der Waals surface area (Å²) in [6.45, 7) is 0.207. The van der Waals surface area contributed by atoms with Gasteiger partial charge in [0.1, 0.15) is 10.6 Å². The molecule has 0 radical (unpaired) electrons. The van der Waals surface area contributed by atoms with Crippen LogP contribution in [0.2, 0.25) is 0 Å². The molecule has 0 spiro atoms. The third kappa shape index (κ3) is 3.32. The molecule has 0 aliphatic heterocycles. The topological polar surface area (TPSA) is 135 Å². The molecule has 5 N–H and O–H groups in total. The van der Waals surface area contributed by atoms with Crippen LogP contribution in [0.1, 0.15) is 17.4 Å². The molecule has 0 aliphatic carbocycles. The van der Waals surface area contributed by atoms with Crippen molar-refractivity contribution >= 4 is 15.9 Å². The average molecular weight is 291 g/mol. The highest BCUT2D eigenvalue weighted by molar-refractivity contribution is 7.89. The van der Waals surface area contributed by atoms with E-state index < -0.39 is 34.7 Å². The number of hydrogen-bond donors (Lipinski definition) is 4. The molecule has 1 heterocycles. The zero-order valence-electron chi connectivity index (χ0n) is 10.6. The molecule has 1 amide bonds. The second kappa shape index (κ2) is 5.29. The number of nitrogens with one attached hydrogen (secondary N) is 1. The average Bonchev–Trinajstić information content (AvgIpc) is 2.71. The second-order valence-corrected chi connectivity index (χ2v) is 6.20. The van der Waals surface area contributed by atoms with Gasteiger partial charge < -0.3 is 20.5 Å². The van der Waals surface area contributed by atoms with Gasteiger partial charge in [0.25, 0.3) is 5.91 Å². The minimum absolute atomic E-state index is 0.0371. The van der Waals surface area contributed by atoms with Gasteiger partial charge in [-0.2, -0.15) is 0 Å². The number of nitrogens with two attached hydrogens (primary N) is 1. The number of primary amides is 1. The number of aliphatic hydroxyl groups is 2. The highest BCUT2D eigenvalue weighted by Gasteiger charge is 2.30. The highest BCUT2D eigenvalue weighted by atomic mass is 32.2. The van der Waals surface area contributed by atoms with E-state index in [2.05, 4.69) is 4.72 Å². The van der Waals surface area contributed by atoms with Gasteiger partial charge in [-0.05, 0) is 13.0 Å². The number of aliphatic hydroxyl groups excluding tert-OH is 2. The maximum atomic E-state index is 12.1. The molecule has 0 fully saturated rings. The predicted octanol–water partition coefficient (Wildman–Crippen LogP) is -1.85. The van der Waals surface area contributed by atoms with Crippen LogP contribution < -0.4 is 10.5 Å².